The number of imidazole rings is 1. The van der Waals surface area contributed by atoms with Gasteiger partial charge in [-0.2, -0.15) is 4.98 Å². The molecule has 3 N–H and O–H groups in total. The number of hydrogen-bond acceptors (Lipinski definition) is 6. The number of aromatic nitrogens is 5. The number of aromatic amines is 1. The predicted molar refractivity (Wildman–Crippen MR) is 85.0 cm³/mol. The molecule has 0 spiro atoms. The van der Waals surface area contributed by atoms with Gasteiger partial charge in [0.15, 0.2) is 0 Å². The molecule has 4 heterocycles. The second kappa shape index (κ2) is 5.17. The minimum atomic E-state index is -0.152. The lowest BCUT2D eigenvalue weighted by Crippen LogP contribution is -2.28. The number of pyridine rings is 1. The third-order valence-corrected chi connectivity index (χ3v) is 4.12. The number of nitrogen functional groups attached to an aromatic ring is 1. The van der Waals surface area contributed by atoms with E-state index in [0.717, 1.165) is 17.5 Å². The lowest BCUT2D eigenvalue weighted by Gasteiger charge is -2.17. The van der Waals surface area contributed by atoms with Crippen molar-refractivity contribution < 1.29 is 4.74 Å². The van der Waals surface area contributed by atoms with Gasteiger partial charge >= 0.3 is 0 Å². The summed E-state index contributed by atoms with van der Waals surface area (Å²) in [5, 5.41) is 0.789. The number of H-pyrrole nitrogens is 1. The van der Waals surface area contributed by atoms with Crippen LogP contribution >= 0.6 is 0 Å². The first-order chi connectivity index (χ1) is 11.1. The van der Waals surface area contributed by atoms with Gasteiger partial charge in [0.1, 0.15) is 11.5 Å². The Bertz CT molecular complexity index is 925. The lowest BCUT2D eigenvalue weighted by molar-refractivity contribution is 0.186. The molecule has 3 aromatic rings. The second-order valence-corrected chi connectivity index (χ2v) is 5.59. The molecule has 8 heteroatoms. The number of anilines is 1. The fourth-order valence-electron chi connectivity index (χ4n) is 3.02. The van der Waals surface area contributed by atoms with Crippen molar-refractivity contribution in [2.45, 2.75) is 19.4 Å². The Morgan fingerprint density at radius 3 is 3.00 bits per heavy atom. The Morgan fingerprint density at radius 2 is 2.30 bits per heavy atom. The van der Waals surface area contributed by atoms with E-state index in [4.69, 9.17) is 10.5 Å². The van der Waals surface area contributed by atoms with E-state index in [0.29, 0.717) is 30.2 Å². The molecule has 1 atom stereocenters. The topological polar surface area (TPSA) is 112 Å². The van der Waals surface area contributed by atoms with Crippen molar-refractivity contribution in [3.8, 4) is 11.4 Å². The first-order valence-electron chi connectivity index (χ1n) is 7.42. The van der Waals surface area contributed by atoms with Gasteiger partial charge in [-0.15, -0.1) is 0 Å². The molecular weight excluding hydrogens is 296 g/mol. The highest BCUT2D eigenvalue weighted by Crippen LogP contribution is 2.26. The summed E-state index contributed by atoms with van der Waals surface area (Å²) in [5.74, 6) is 0.689. The molecule has 1 aliphatic rings. The zero-order chi connectivity index (χ0) is 16.0. The van der Waals surface area contributed by atoms with Crippen LogP contribution in [0, 0.1) is 6.92 Å². The molecule has 0 bridgehead atoms. The molecule has 8 nitrogen and oxygen atoms in total. The molecule has 4 rings (SSSR count). The van der Waals surface area contributed by atoms with Crippen molar-refractivity contribution in [1.29, 1.82) is 0 Å². The monoisotopic (exact) mass is 312 g/mol. The van der Waals surface area contributed by atoms with Crippen LogP contribution in [-0.4, -0.2) is 37.7 Å². The van der Waals surface area contributed by atoms with Gasteiger partial charge in [-0.25, -0.2) is 9.97 Å². The number of hydrogen-bond donors (Lipinski definition) is 2. The van der Waals surface area contributed by atoms with Gasteiger partial charge in [-0.1, -0.05) is 0 Å². The van der Waals surface area contributed by atoms with Crippen molar-refractivity contribution in [3.63, 3.8) is 0 Å². The number of ether oxygens (including phenoxy) is 1. The third kappa shape index (κ3) is 2.18. The summed E-state index contributed by atoms with van der Waals surface area (Å²) < 4.78 is 7.12. The van der Waals surface area contributed by atoms with Crippen LogP contribution in [0.2, 0.25) is 0 Å². The molecule has 3 aromatic heterocycles. The molecule has 118 valence electrons. The van der Waals surface area contributed by atoms with Crippen molar-refractivity contribution in [2.24, 2.45) is 0 Å². The summed E-state index contributed by atoms with van der Waals surface area (Å²) in [6.45, 7) is 2.97. The number of rotatable bonds is 2. The van der Waals surface area contributed by atoms with Gasteiger partial charge in [0.2, 0.25) is 5.95 Å². The van der Waals surface area contributed by atoms with Crippen molar-refractivity contribution >= 4 is 17.0 Å². The number of nitrogens with zero attached hydrogens (tertiary/aromatic N) is 4. The van der Waals surface area contributed by atoms with Gasteiger partial charge in [0.25, 0.3) is 5.56 Å². The summed E-state index contributed by atoms with van der Waals surface area (Å²) in [7, 11) is 0. The molecule has 0 aromatic carbocycles. The molecule has 0 unspecified atom stereocenters. The second-order valence-electron chi connectivity index (χ2n) is 5.59. The third-order valence-electron chi connectivity index (χ3n) is 4.12. The van der Waals surface area contributed by atoms with Crippen LogP contribution in [0.5, 0.6) is 0 Å². The highest BCUT2D eigenvalue weighted by Gasteiger charge is 2.24. The first-order valence-corrected chi connectivity index (χ1v) is 7.42. The highest BCUT2D eigenvalue weighted by molar-refractivity contribution is 5.83. The van der Waals surface area contributed by atoms with Crippen LogP contribution in [0.25, 0.3) is 22.4 Å². The summed E-state index contributed by atoms with van der Waals surface area (Å²) in [5.41, 5.74) is 7.40. The van der Waals surface area contributed by atoms with Crippen molar-refractivity contribution in [2.75, 3.05) is 18.9 Å². The molecule has 1 saturated heterocycles. The van der Waals surface area contributed by atoms with Crippen LogP contribution in [0.1, 0.15) is 18.2 Å². The van der Waals surface area contributed by atoms with Crippen LogP contribution in [0.15, 0.2) is 23.3 Å². The highest BCUT2D eigenvalue weighted by atomic mass is 16.5. The normalized spacial score (nSPS) is 17.9. The maximum atomic E-state index is 13.0. The maximum absolute atomic E-state index is 13.0. The zero-order valence-electron chi connectivity index (χ0n) is 12.6. The minimum absolute atomic E-state index is 0.0615. The fraction of sp³-hybridized carbons (Fsp3) is 0.333. The number of nitrogens with two attached hydrogens (primary N) is 1. The standard InChI is InChI=1S/C15H16N6O2/c1-8-10-6-11(12-17-3-4-18-12)14(22)21(9-2-5-23-7-9)13(10)20-15(16)19-8/h3-4,6,9H,2,5,7H2,1H3,(H,17,18)(H2,16,19,20)/t9-/m1/s1. The van der Waals surface area contributed by atoms with Gasteiger partial charge < -0.3 is 15.5 Å². The van der Waals surface area contributed by atoms with Crippen LogP contribution in [0.4, 0.5) is 5.95 Å². The molecule has 1 aliphatic heterocycles. The van der Waals surface area contributed by atoms with Gasteiger partial charge in [-0.05, 0) is 19.4 Å². The Kier molecular flexibility index (Phi) is 3.12. The predicted octanol–water partition coefficient (Wildman–Crippen LogP) is 1.03. The van der Waals surface area contributed by atoms with Crippen LogP contribution in [-0.2, 0) is 4.74 Å². The van der Waals surface area contributed by atoms with E-state index in [9.17, 15) is 4.79 Å². The largest absolute Gasteiger partial charge is 0.379 e. The van der Waals surface area contributed by atoms with Gasteiger partial charge in [0.05, 0.1) is 23.9 Å². The van der Waals surface area contributed by atoms with Gasteiger partial charge in [-0.3, -0.25) is 9.36 Å². The molecule has 0 aliphatic carbocycles. The van der Waals surface area contributed by atoms with Crippen molar-refractivity contribution in [3.05, 3.63) is 34.5 Å². The Balaban J connectivity index is 2.10. The number of fused-ring (bicyclic) bond motifs is 1. The fourth-order valence-corrected chi connectivity index (χ4v) is 3.02. The summed E-state index contributed by atoms with van der Waals surface area (Å²) in [4.78, 5) is 28.7. The van der Waals surface area contributed by atoms with Gasteiger partial charge in [0, 0.05) is 24.4 Å². The van der Waals surface area contributed by atoms with Crippen molar-refractivity contribution in [1.82, 2.24) is 24.5 Å². The van der Waals surface area contributed by atoms with E-state index in [1.807, 2.05) is 6.92 Å². The number of aryl methyl sites for hydroxylation is 1. The molecule has 23 heavy (non-hydrogen) atoms. The molecule has 0 amide bonds. The van der Waals surface area contributed by atoms with Crippen LogP contribution in [0.3, 0.4) is 0 Å². The summed E-state index contributed by atoms with van der Waals surface area (Å²) in [6, 6.07) is 1.71. The summed E-state index contributed by atoms with van der Waals surface area (Å²) in [6.07, 6.45) is 4.07. The summed E-state index contributed by atoms with van der Waals surface area (Å²) >= 11 is 0. The van der Waals surface area contributed by atoms with E-state index < -0.39 is 0 Å². The quantitative estimate of drug-likeness (QED) is 0.731. The van der Waals surface area contributed by atoms with E-state index in [2.05, 4.69) is 19.9 Å². The number of nitrogens with one attached hydrogen (secondary N) is 1. The lowest BCUT2D eigenvalue weighted by atomic mass is 10.1. The maximum Gasteiger partial charge on any atom is 0.263 e. The minimum Gasteiger partial charge on any atom is -0.379 e. The molecule has 0 radical (unpaired) electrons. The van der Waals surface area contributed by atoms with E-state index >= 15 is 0 Å². The van der Waals surface area contributed by atoms with E-state index in [1.54, 1.807) is 23.0 Å². The smallest absolute Gasteiger partial charge is 0.263 e. The average Bonchev–Trinajstić information content (AvgIpc) is 3.20. The van der Waals surface area contributed by atoms with E-state index in [1.165, 1.54) is 0 Å². The Labute approximate surface area is 131 Å². The van der Waals surface area contributed by atoms with E-state index in [-0.39, 0.29) is 17.5 Å². The average molecular weight is 312 g/mol. The Morgan fingerprint density at radius 1 is 1.43 bits per heavy atom. The molecular formula is C15H16N6O2. The molecule has 0 saturated carbocycles. The zero-order valence-corrected chi connectivity index (χ0v) is 12.6. The first kappa shape index (κ1) is 13.9. The van der Waals surface area contributed by atoms with Crippen LogP contribution < -0.4 is 11.3 Å². The molecule has 1 fully saturated rings. The SMILES string of the molecule is Cc1nc(N)nc2c1cc(-c1ncc[nH]1)c(=O)n2[C@@H]1CCOC1. The Hall–Kier alpha value is -2.74.